The first kappa shape index (κ1) is 15.5. The number of aliphatic hydroxyl groups excluding tert-OH is 1. The average molecular weight is 298 g/mol. The number of likely N-dealkylation sites (tertiary alicyclic amines) is 1. The van der Waals surface area contributed by atoms with Gasteiger partial charge in [0, 0.05) is 20.0 Å². The Hall–Kier alpha value is -1.86. The minimum Gasteiger partial charge on any atom is -0.387 e. The number of nitrogens with zero attached hydrogens (tertiary/aromatic N) is 1. The van der Waals surface area contributed by atoms with E-state index in [1.807, 2.05) is 0 Å². The molecule has 21 heavy (non-hydrogen) atoms. The van der Waals surface area contributed by atoms with Gasteiger partial charge in [-0.2, -0.15) is 0 Å². The second kappa shape index (κ2) is 6.28. The second-order valence-electron chi connectivity index (χ2n) is 4.94. The van der Waals surface area contributed by atoms with Gasteiger partial charge in [-0.1, -0.05) is 6.07 Å². The zero-order chi connectivity index (χ0) is 15.6. The molecule has 1 fully saturated rings. The van der Waals surface area contributed by atoms with Crippen LogP contribution in [0, 0.1) is 11.6 Å². The van der Waals surface area contributed by atoms with Crippen LogP contribution in [-0.2, 0) is 9.59 Å². The molecule has 1 aromatic carbocycles. The molecule has 2 rings (SSSR count). The molecular weight excluding hydrogens is 282 g/mol. The standard InChI is InChI=1S/C14H16F2N2O3/c1-18-12(20)6-5-10(14(18)21)17-7-11(19)13-8(15)3-2-4-9(13)16/h2-4,10-11,17,19H,5-7H2,1H3. The Labute approximate surface area is 120 Å². The summed E-state index contributed by atoms with van der Waals surface area (Å²) in [6, 6.07) is 2.68. The van der Waals surface area contributed by atoms with Gasteiger partial charge in [0.05, 0.1) is 17.7 Å². The Kier molecular flexibility index (Phi) is 4.64. The number of rotatable bonds is 4. The lowest BCUT2D eigenvalue weighted by molar-refractivity contribution is -0.148. The van der Waals surface area contributed by atoms with E-state index in [4.69, 9.17) is 0 Å². The molecule has 0 aliphatic carbocycles. The topological polar surface area (TPSA) is 69.6 Å². The second-order valence-corrected chi connectivity index (χ2v) is 4.94. The molecular formula is C14H16F2N2O3. The summed E-state index contributed by atoms with van der Waals surface area (Å²) in [5.74, 6) is -2.36. The molecule has 1 aliphatic rings. The van der Waals surface area contributed by atoms with Crippen molar-refractivity contribution in [2.24, 2.45) is 0 Å². The van der Waals surface area contributed by atoms with Gasteiger partial charge >= 0.3 is 0 Å². The van der Waals surface area contributed by atoms with Gasteiger partial charge in [0.15, 0.2) is 0 Å². The van der Waals surface area contributed by atoms with Gasteiger partial charge in [0.25, 0.3) is 0 Å². The van der Waals surface area contributed by atoms with Crippen molar-refractivity contribution >= 4 is 11.8 Å². The van der Waals surface area contributed by atoms with Crippen LogP contribution in [0.4, 0.5) is 8.78 Å². The number of amides is 2. The highest BCUT2D eigenvalue weighted by Crippen LogP contribution is 2.20. The molecule has 1 heterocycles. The Morgan fingerprint density at radius 1 is 1.38 bits per heavy atom. The summed E-state index contributed by atoms with van der Waals surface area (Å²) in [5, 5.41) is 12.6. The van der Waals surface area contributed by atoms with E-state index in [1.165, 1.54) is 13.1 Å². The number of benzene rings is 1. The fourth-order valence-electron chi connectivity index (χ4n) is 2.29. The SMILES string of the molecule is CN1C(=O)CCC(NCC(O)c2c(F)cccc2F)C1=O. The molecule has 7 heteroatoms. The molecule has 2 N–H and O–H groups in total. The summed E-state index contributed by atoms with van der Waals surface area (Å²) in [6.07, 6.45) is -0.902. The van der Waals surface area contributed by atoms with Crippen LogP contribution in [-0.4, -0.2) is 41.5 Å². The van der Waals surface area contributed by atoms with Crippen molar-refractivity contribution < 1.29 is 23.5 Å². The predicted molar refractivity (Wildman–Crippen MR) is 70.1 cm³/mol. The number of halogens is 2. The minimum absolute atomic E-state index is 0.184. The first-order valence-corrected chi connectivity index (χ1v) is 6.57. The number of hydrogen-bond donors (Lipinski definition) is 2. The maximum atomic E-state index is 13.5. The van der Waals surface area contributed by atoms with E-state index in [-0.39, 0.29) is 18.9 Å². The van der Waals surface area contributed by atoms with Crippen molar-refractivity contribution in [1.82, 2.24) is 10.2 Å². The fraction of sp³-hybridized carbons (Fsp3) is 0.429. The maximum absolute atomic E-state index is 13.5. The monoisotopic (exact) mass is 298 g/mol. The molecule has 0 aromatic heterocycles. The van der Waals surface area contributed by atoms with Gasteiger partial charge in [-0.3, -0.25) is 14.5 Å². The van der Waals surface area contributed by atoms with Crippen LogP contribution in [0.25, 0.3) is 0 Å². The van der Waals surface area contributed by atoms with Crippen LogP contribution in [0.3, 0.4) is 0 Å². The van der Waals surface area contributed by atoms with Gasteiger partial charge in [-0.15, -0.1) is 0 Å². The Bertz CT molecular complexity index is 545. The third-order valence-electron chi connectivity index (χ3n) is 3.54. The minimum atomic E-state index is -1.41. The molecule has 2 amide bonds. The van der Waals surface area contributed by atoms with Gasteiger partial charge in [-0.25, -0.2) is 8.78 Å². The highest BCUT2D eigenvalue weighted by atomic mass is 19.1. The lowest BCUT2D eigenvalue weighted by atomic mass is 10.0. The van der Waals surface area contributed by atoms with E-state index < -0.39 is 35.3 Å². The van der Waals surface area contributed by atoms with Gasteiger partial charge in [-0.05, 0) is 18.6 Å². The summed E-state index contributed by atoms with van der Waals surface area (Å²) in [5.41, 5.74) is -0.433. The summed E-state index contributed by atoms with van der Waals surface area (Å²) in [7, 11) is 1.38. The lowest BCUT2D eigenvalue weighted by Gasteiger charge is -2.29. The van der Waals surface area contributed by atoms with Crippen molar-refractivity contribution in [1.29, 1.82) is 0 Å². The van der Waals surface area contributed by atoms with E-state index in [0.717, 1.165) is 17.0 Å². The van der Waals surface area contributed by atoms with Gasteiger partial charge in [0.1, 0.15) is 11.6 Å². The van der Waals surface area contributed by atoms with Crippen LogP contribution in [0.2, 0.25) is 0 Å². The van der Waals surface area contributed by atoms with Crippen molar-refractivity contribution in [2.45, 2.75) is 25.0 Å². The molecule has 0 radical (unpaired) electrons. The van der Waals surface area contributed by atoms with E-state index >= 15 is 0 Å². The van der Waals surface area contributed by atoms with Crippen LogP contribution in [0.5, 0.6) is 0 Å². The normalized spacial score (nSPS) is 20.8. The van der Waals surface area contributed by atoms with Crippen molar-refractivity contribution in [3.63, 3.8) is 0 Å². The number of imide groups is 1. The number of aliphatic hydroxyl groups is 1. The van der Waals surface area contributed by atoms with E-state index in [9.17, 15) is 23.5 Å². The number of carbonyl (C=O) groups excluding carboxylic acids is 2. The molecule has 1 aliphatic heterocycles. The highest BCUT2D eigenvalue weighted by molar-refractivity contribution is 6.00. The first-order valence-electron chi connectivity index (χ1n) is 6.57. The van der Waals surface area contributed by atoms with E-state index in [0.29, 0.717) is 6.42 Å². The van der Waals surface area contributed by atoms with Crippen LogP contribution in [0.1, 0.15) is 24.5 Å². The number of piperidine rings is 1. The lowest BCUT2D eigenvalue weighted by Crippen LogP contribution is -2.52. The van der Waals surface area contributed by atoms with Crippen LogP contribution in [0.15, 0.2) is 18.2 Å². The van der Waals surface area contributed by atoms with Crippen molar-refractivity contribution in [2.75, 3.05) is 13.6 Å². The zero-order valence-electron chi connectivity index (χ0n) is 11.5. The molecule has 5 nitrogen and oxygen atoms in total. The fourth-order valence-corrected chi connectivity index (χ4v) is 2.29. The maximum Gasteiger partial charge on any atom is 0.246 e. The molecule has 2 atom stereocenters. The average Bonchev–Trinajstić information content (AvgIpc) is 2.44. The number of likely N-dealkylation sites (N-methyl/N-ethyl adjacent to an activating group) is 1. The number of nitrogens with one attached hydrogen (secondary N) is 1. The Balaban J connectivity index is 2.00. The summed E-state index contributed by atoms with van der Waals surface area (Å²) < 4.78 is 27.0. The predicted octanol–water partition coefficient (Wildman–Crippen LogP) is 0.735. The zero-order valence-corrected chi connectivity index (χ0v) is 11.5. The molecule has 0 spiro atoms. The third kappa shape index (κ3) is 3.25. The van der Waals surface area contributed by atoms with E-state index in [2.05, 4.69) is 5.32 Å². The van der Waals surface area contributed by atoms with Crippen LogP contribution >= 0.6 is 0 Å². The number of carbonyl (C=O) groups is 2. The largest absolute Gasteiger partial charge is 0.387 e. The summed E-state index contributed by atoms with van der Waals surface area (Å²) in [4.78, 5) is 24.2. The number of hydrogen-bond acceptors (Lipinski definition) is 4. The molecule has 114 valence electrons. The van der Waals surface area contributed by atoms with Crippen LogP contribution < -0.4 is 5.32 Å². The smallest absolute Gasteiger partial charge is 0.246 e. The van der Waals surface area contributed by atoms with Gasteiger partial charge in [0.2, 0.25) is 11.8 Å². The van der Waals surface area contributed by atoms with E-state index in [1.54, 1.807) is 0 Å². The molecule has 0 bridgehead atoms. The quantitative estimate of drug-likeness (QED) is 0.804. The summed E-state index contributed by atoms with van der Waals surface area (Å²) in [6.45, 7) is -0.184. The highest BCUT2D eigenvalue weighted by Gasteiger charge is 2.32. The molecule has 1 saturated heterocycles. The first-order chi connectivity index (χ1) is 9.91. The van der Waals surface area contributed by atoms with Crippen molar-refractivity contribution in [3.05, 3.63) is 35.4 Å². The third-order valence-corrected chi connectivity index (χ3v) is 3.54. The van der Waals surface area contributed by atoms with Crippen molar-refractivity contribution in [3.8, 4) is 0 Å². The molecule has 0 saturated carbocycles. The van der Waals surface area contributed by atoms with Gasteiger partial charge < -0.3 is 10.4 Å². The Morgan fingerprint density at radius 2 is 2.00 bits per heavy atom. The summed E-state index contributed by atoms with van der Waals surface area (Å²) >= 11 is 0. The Morgan fingerprint density at radius 3 is 2.62 bits per heavy atom. The molecule has 2 unspecified atom stereocenters. The molecule has 1 aromatic rings.